The maximum Gasteiger partial charge on any atom is 0.309 e. The number of aromatic hydroxyl groups is 1. The molecule has 4 aliphatic carbocycles. The number of carboxylic acid groups (broad SMARTS) is 1. The van der Waals surface area contributed by atoms with Gasteiger partial charge in [-0.05, 0) is 80.3 Å². The molecule has 11 nitrogen and oxygen atoms in total. The molecule has 5 aliphatic rings. The number of phenolic OH excluding ortho intramolecular Hbond substituents is 1. The molecule has 4 saturated carbocycles. The van der Waals surface area contributed by atoms with Crippen molar-refractivity contribution in [1.29, 1.82) is 5.41 Å². The number of phenols is 1. The highest BCUT2D eigenvalue weighted by Crippen LogP contribution is 2.62. The summed E-state index contributed by atoms with van der Waals surface area (Å²) >= 11 is 0. The largest absolute Gasteiger partial charge is 0.504 e. The molecule has 13 heteroatoms. The molecule has 46 heavy (non-hydrogen) atoms. The van der Waals surface area contributed by atoms with Gasteiger partial charge < -0.3 is 35.1 Å². The summed E-state index contributed by atoms with van der Waals surface area (Å²) in [6.45, 7) is 1.15. The minimum atomic E-state index is -1.26. The zero-order valence-corrected chi connectivity index (χ0v) is 25.1. The van der Waals surface area contributed by atoms with E-state index in [4.69, 9.17) is 25.4 Å². The van der Waals surface area contributed by atoms with Crippen molar-refractivity contribution in [2.45, 2.75) is 44.1 Å². The molecule has 8 rings (SSSR count). The van der Waals surface area contributed by atoms with Gasteiger partial charge in [-0.15, -0.1) is 0 Å². The Morgan fingerprint density at radius 3 is 2.52 bits per heavy atom. The van der Waals surface area contributed by atoms with Crippen molar-refractivity contribution in [3.8, 4) is 34.6 Å². The SMILES string of the molecule is CN1CCN=C1c1cc(OC23CC4CC(C2)CC(C(=O)O)(C4)C3)ccc1Oc1c(F)cnc(Oc2cc(C(=N)N)ccc2O)c1F. The maximum atomic E-state index is 15.7. The Labute approximate surface area is 263 Å². The number of aliphatic imine (C=N–C) groups is 1. The lowest BCUT2D eigenvalue weighted by Gasteiger charge is -2.59. The molecule has 0 saturated heterocycles. The Morgan fingerprint density at radius 1 is 1.09 bits per heavy atom. The molecule has 2 aromatic carbocycles. The van der Waals surface area contributed by atoms with Crippen LogP contribution in [0.5, 0.6) is 34.6 Å². The predicted molar refractivity (Wildman–Crippen MR) is 162 cm³/mol. The molecule has 5 N–H and O–H groups in total. The number of amidine groups is 2. The number of halogens is 2. The first kappa shape index (κ1) is 29.8. The van der Waals surface area contributed by atoms with Crippen molar-refractivity contribution in [2.24, 2.45) is 28.0 Å². The fourth-order valence-corrected chi connectivity index (χ4v) is 8.03. The third kappa shape index (κ3) is 5.13. The van der Waals surface area contributed by atoms with Crippen molar-refractivity contribution >= 4 is 17.6 Å². The summed E-state index contributed by atoms with van der Waals surface area (Å²) in [6, 6.07) is 8.77. The van der Waals surface area contributed by atoms with Crippen LogP contribution in [0.1, 0.15) is 49.7 Å². The van der Waals surface area contributed by atoms with Gasteiger partial charge in [0.15, 0.2) is 17.3 Å². The van der Waals surface area contributed by atoms with Gasteiger partial charge in [-0.25, -0.2) is 9.37 Å². The minimum absolute atomic E-state index is 0.101. The molecule has 4 bridgehead atoms. The lowest BCUT2D eigenvalue weighted by molar-refractivity contribution is -0.185. The zero-order valence-electron chi connectivity index (χ0n) is 25.1. The van der Waals surface area contributed by atoms with Crippen LogP contribution < -0.4 is 19.9 Å². The third-order valence-electron chi connectivity index (χ3n) is 9.63. The normalized spacial score (nSPS) is 26.2. The monoisotopic (exact) mass is 633 g/mol. The number of pyridine rings is 1. The van der Waals surface area contributed by atoms with Crippen molar-refractivity contribution in [1.82, 2.24) is 9.88 Å². The lowest BCUT2D eigenvalue weighted by Crippen LogP contribution is -2.60. The van der Waals surface area contributed by atoms with Crippen LogP contribution in [0.4, 0.5) is 8.78 Å². The van der Waals surface area contributed by atoms with E-state index in [1.54, 1.807) is 18.2 Å². The summed E-state index contributed by atoms with van der Waals surface area (Å²) in [4.78, 5) is 22.6. The number of benzene rings is 2. The van der Waals surface area contributed by atoms with E-state index in [9.17, 15) is 15.0 Å². The van der Waals surface area contributed by atoms with Crippen molar-refractivity contribution in [3.05, 3.63) is 65.4 Å². The number of carbonyl (C=O) groups is 1. The number of aliphatic carboxylic acids is 1. The quantitative estimate of drug-likeness (QED) is 0.178. The molecular weight excluding hydrogens is 600 g/mol. The number of likely N-dealkylation sites (N-methyl/N-ethyl adjacent to an activating group) is 1. The van der Waals surface area contributed by atoms with Gasteiger partial charge in [-0.1, -0.05) is 0 Å². The molecule has 1 aromatic heterocycles. The smallest absolute Gasteiger partial charge is 0.309 e. The second kappa shape index (κ2) is 10.8. The number of nitrogen functional groups attached to an aromatic ring is 1. The molecule has 2 atom stereocenters. The summed E-state index contributed by atoms with van der Waals surface area (Å²) in [6.07, 6.45) is 5.14. The second-order valence-electron chi connectivity index (χ2n) is 13.0. The van der Waals surface area contributed by atoms with Crippen LogP contribution in [0.3, 0.4) is 0 Å². The second-order valence-corrected chi connectivity index (χ2v) is 13.0. The fourth-order valence-electron chi connectivity index (χ4n) is 8.03. The molecule has 240 valence electrons. The summed E-state index contributed by atoms with van der Waals surface area (Å²) in [5, 5.41) is 28.0. The Balaban J connectivity index is 1.21. The minimum Gasteiger partial charge on any atom is -0.504 e. The lowest BCUT2D eigenvalue weighted by atomic mass is 9.48. The van der Waals surface area contributed by atoms with Crippen LogP contribution in [0, 0.1) is 34.3 Å². The summed E-state index contributed by atoms with van der Waals surface area (Å²) in [5.74, 6) is -3.73. The van der Waals surface area contributed by atoms with Gasteiger partial charge in [-0.3, -0.25) is 15.2 Å². The highest BCUT2D eigenvalue weighted by atomic mass is 19.1. The highest BCUT2D eigenvalue weighted by molar-refractivity contribution is 6.02. The number of nitrogens with two attached hydrogens (primary N) is 1. The number of nitrogens with zero attached hydrogens (tertiary/aromatic N) is 3. The third-order valence-corrected chi connectivity index (χ3v) is 9.63. The van der Waals surface area contributed by atoms with Gasteiger partial charge in [0.2, 0.25) is 11.6 Å². The van der Waals surface area contributed by atoms with Crippen LogP contribution in [0.15, 0.2) is 47.6 Å². The van der Waals surface area contributed by atoms with Crippen LogP contribution in [0.25, 0.3) is 0 Å². The average molecular weight is 634 g/mol. The van der Waals surface area contributed by atoms with E-state index in [1.165, 1.54) is 18.2 Å². The van der Waals surface area contributed by atoms with Crippen LogP contribution in [-0.4, -0.2) is 63.5 Å². The Bertz CT molecular complexity index is 1780. The first-order chi connectivity index (χ1) is 21.9. The van der Waals surface area contributed by atoms with E-state index in [0.29, 0.717) is 61.3 Å². The standard InChI is InChI=1S/C33H33F2N5O6/c1-40-7-6-38-29(40)21-10-20(46-33-13-17-8-18(14-33)12-32(11-17,16-33)31(42)43)3-5-24(21)44-27-22(34)15-39-30(26(27)35)45-25-9-19(28(36)37)2-4-23(25)41/h2-5,9-10,15,17-18,41H,6-8,11-14,16H2,1H3,(H3,36,37)(H,42,43). The van der Waals surface area contributed by atoms with E-state index in [1.807, 2.05) is 11.9 Å². The van der Waals surface area contributed by atoms with Gasteiger partial charge in [0, 0.05) is 25.6 Å². The Kier molecular flexibility index (Phi) is 7.02. The van der Waals surface area contributed by atoms with E-state index in [0.717, 1.165) is 25.5 Å². The van der Waals surface area contributed by atoms with E-state index < -0.39 is 40.2 Å². The van der Waals surface area contributed by atoms with Gasteiger partial charge in [-0.2, -0.15) is 4.39 Å². The predicted octanol–water partition coefficient (Wildman–Crippen LogP) is 5.43. The topological polar surface area (TPSA) is 164 Å². The van der Waals surface area contributed by atoms with Crippen LogP contribution >= 0.6 is 0 Å². The number of carboxylic acids is 1. The van der Waals surface area contributed by atoms with E-state index in [2.05, 4.69) is 9.98 Å². The van der Waals surface area contributed by atoms with Crippen molar-refractivity contribution < 1.29 is 38.0 Å². The Hall–Kier alpha value is -4.94. The molecule has 3 aromatic rings. The van der Waals surface area contributed by atoms with E-state index >= 15 is 8.78 Å². The Morgan fingerprint density at radius 2 is 1.85 bits per heavy atom. The van der Waals surface area contributed by atoms with Crippen molar-refractivity contribution in [2.75, 3.05) is 20.1 Å². The zero-order chi connectivity index (χ0) is 32.4. The van der Waals surface area contributed by atoms with Gasteiger partial charge in [0.25, 0.3) is 5.88 Å². The molecule has 0 spiro atoms. The number of ether oxygens (including phenoxy) is 3. The average Bonchev–Trinajstić information content (AvgIpc) is 3.42. The van der Waals surface area contributed by atoms with Crippen LogP contribution in [0.2, 0.25) is 0 Å². The molecule has 0 radical (unpaired) electrons. The van der Waals surface area contributed by atoms with Gasteiger partial charge in [0.05, 0.1) is 23.7 Å². The van der Waals surface area contributed by atoms with Gasteiger partial charge in [0.1, 0.15) is 28.8 Å². The highest BCUT2D eigenvalue weighted by Gasteiger charge is 2.62. The number of hydrogen-bond acceptors (Lipinski definition) is 9. The molecule has 2 heterocycles. The summed E-state index contributed by atoms with van der Waals surface area (Å²) in [7, 11) is 1.85. The molecule has 0 amide bonds. The number of rotatable bonds is 9. The fraction of sp³-hybridized carbons (Fsp3) is 0.394. The van der Waals surface area contributed by atoms with E-state index in [-0.39, 0.29) is 28.6 Å². The number of hydrogen-bond donors (Lipinski definition) is 4. The van der Waals surface area contributed by atoms with Crippen LogP contribution in [-0.2, 0) is 4.79 Å². The first-order valence-corrected chi connectivity index (χ1v) is 15.1. The number of aromatic nitrogens is 1. The molecule has 1 aliphatic heterocycles. The molecular formula is C33H33F2N5O6. The summed E-state index contributed by atoms with van der Waals surface area (Å²) in [5.41, 5.74) is 4.80. The first-order valence-electron chi connectivity index (χ1n) is 15.1. The molecule has 4 fully saturated rings. The molecule has 2 unspecified atom stereocenters. The van der Waals surface area contributed by atoms with Gasteiger partial charge >= 0.3 is 5.97 Å². The number of nitrogens with one attached hydrogen (secondary N) is 1. The van der Waals surface area contributed by atoms with Crippen molar-refractivity contribution in [3.63, 3.8) is 0 Å². The summed E-state index contributed by atoms with van der Waals surface area (Å²) < 4.78 is 48.8. The maximum absolute atomic E-state index is 15.7.